The Morgan fingerprint density at radius 3 is 2.90 bits per heavy atom. The molecule has 1 aromatic rings. The first-order valence-electron chi connectivity index (χ1n) is 6.53. The van der Waals surface area contributed by atoms with Crippen LogP contribution in [0, 0.1) is 10.1 Å². The molecule has 0 radical (unpaired) electrons. The molecule has 7 heteroatoms. The topological polar surface area (TPSA) is 95.7 Å². The molecule has 1 aliphatic heterocycles. The van der Waals surface area contributed by atoms with Crippen LogP contribution in [-0.4, -0.2) is 46.6 Å². The Morgan fingerprint density at radius 1 is 1.45 bits per heavy atom. The van der Waals surface area contributed by atoms with E-state index in [9.17, 15) is 14.9 Å². The number of nitrogens with one attached hydrogen (secondary N) is 1. The Hall–Kier alpha value is -2.15. The van der Waals surface area contributed by atoms with Gasteiger partial charge in [0.2, 0.25) is 5.91 Å². The van der Waals surface area contributed by atoms with Crippen LogP contribution in [0.4, 0.5) is 11.4 Å². The first-order valence-corrected chi connectivity index (χ1v) is 6.53. The number of hydrogen-bond acceptors (Lipinski definition) is 5. The summed E-state index contributed by atoms with van der Waals surface area (Å²) in [4.78, 5) is 24.2. The van der Waals surface area contributed by atoms with Crippen LogP contribution >= 0.6 is 0 Å². The van der Waals surface area contributed by atoms with Gasteiger partial charge in [0.05, 0.1) is 11.5 Å². The SMILES string of the molecule is O=C1C(Nc2ccccc2[N+](=O)[O-])CCCN1CCO. The van der Waals surface area contributed by atoms with Crippen molar-refractivity contribution in [3.05, 3.63) is 34.4 Å². The number of carbonyl (C=O) groups excluding carboxylic acids is 1. The maximum atomic E-state index is 12.2. The van der Waals surface area contributed by atoms with Crippen LogP contribution in [0.3, 0.4) is 0 Å². The zero-order chi connectivity index (χ0) is 14.5. The van der Waals surface area contributed by atoms with Crippen molar-refractivity contribution in [2.75, 3.05) is 25.0 Å². The summed E-state index contributed by atoms with van der Waals surface area (Å²) < 4.78 is 0. The molecule has 1 amide bonds. The molecule has 1 aromatic carbocycles. The molecule has 1 saturated heterocycles. The number of nitro benzene ring substituents is 1. The lowest BCUT2D eigenvalue weighted by atomic mass is 10.0. The highest BCUT2D eigenvalue weighted by Gasteiger charge is 2.29. The number of hydrogen-bond donors (Lipinski definition) is 2. The number of nitrogens with zero attached hydrogens (tertiary/aromatic N) is 2. The van der Waals surface area contributed by atoms with E-state index in [1.165, 1.54) is 6.07 Å². The third kappa shape index (κ3) is 3.05. The highest BCUT2D eigenvalue weighted by atomic mass is 16.6. The smallest absolute Gasteiger partial charge is 0.292 e. The number of anilines is 1. The molecule has 0 spiro atoms. The number of likely N-dealkylation sites (tertiary alicyclic amines) is 1. The molecule has 0 saturated carbocycles. The van der Waals surface area contributed by atoms with E-state index in [-0.39, 0.29) is 18.2 Å². The summed E-state index contributed by atoms with van der Waals surface area (Å²) in [5.74, 6) is -0.122. The molecule has 1 heterocycles. The van der Waals surface area contributed by atoms with Crippen molar-refractivity contribution < 1.29 is 14.8 Å². The number of benzene rings is 1. The maximum Gasteiger partial charge on any atom is 0.292 e. The lowest BCUT2D eigenvalue weighted by molar-refractivity contribution is -0.384. The van der Waals surface area contributed by atoms with Gasteiger partial charge >= 0.3 is 0 Å². The molecule has 7 nitrogen and oxygen atoms in total. The van der Waals surface area contributed by atoms with Crippen LogP contribution in [0.15, 0.2) is 24.3 Å². The van der Waals surface area contributed by atoms with Gasteiger partial charge in [-0.2, -0.15) is 0 Å². The molecular weight excluding hydrogens is 262 g/mol. The van der Waals surface area contributed by atoms with Crippen molar-refractivity contribution in [2.24, 2.45) is 0 Å². The molecule has 0 aliphatic carbocycles. The van der Waals surface area contributed by atoms with E-state index in [2.05, 4.69) is 5.32 Å². The van der Waals surface area contributed by atoms with Crippen LogP contribution in [0.5, 0.6) is 0 Å². The Balaban J connectivity index is 2.13. The van der Waals surface area contributed by atoms with Crippen LogP contribution in [0.1, 0.15) is 12.8 Å². The average Bonchev–Trinajstić information content (AvgIpc) is 2.44. The van der Waals surface area contributed by atoms with Gasteiger partial charge in [0.15, 0.2) is 0 Å². The van der Waals surface area contributed by atoms with E-state index in [4.69, 9.17) is 5.11 Å². The highest BCUT2D eigenvalue weighted by molar-refractivity contribution is 5.86. The predicted octanol–water partition coefficient (Wildman–Crippen LogP) is 0.990. The second kappa shape index (κ2) is 6.33. The fourth-order valence-corrected chi connectivity index (χ4v) is 2.36. The standard InChI is InChI=1S/C13H17N3O4/c17-9-8-15-7-3-5-11(13(15)18)14-10-4-1-2-6-12(10)16(19)20/h1-2,4,6,11,14,17H,3,5,7-9H2. The first-order chi connectivity index (χ1) is 9.63. The minimum Gasteiger partial charge on any atom is -0.395 e. The Kier molecular flexibility index (Phi) is 4.52. The number of piperidine rings is 1. The number of nitro groups is 1. The summed E-state index contributed by atoms with van der Waals surface area (Å²) in [5.41, 5.74) is 0.307. The van der Waals surface area contributed by atoms with Gasteiger partial charge in [-0.1, -0.05) is 12.1 Å². The number of aliphatic hydroxyl groups excluding tert-OH is 1. The second-order valence-corrected chi connectivity index (χ2v) is 4.66. The normalized spacial score (nSPS) is 18.9. The summed E-state index contributed by atoms with van der Waals surface area (Å²) >= 11 is 0. The second-order valence-electron chi connectivity index (χ2n) is 4.66. The summed E-state index contributed by atoms with van der Waals surface area (Å²) in [7, 11) is 0. The van der Waals surface area contributed by atoms with Crippen LogP contribution in [0.2, 0.25) is 0 Å². The molecule has 2 N–H and O–H groups in total. The Morgan fingerprint density at radius 2 is 2.20 bits per heavy atom. The van der Waals surface area contributed by atoms with Crippen LogP contribution in [-0.2, 0) is 4.79 Å². The van der Waals surface area contributed by atoms with Crippen molar-refractivity contribution in [3.8, 4) is 0 Å². The van der Waals surface area contributed by atoms with Gasteiger partial charge in [0, 0.05) is 19.2 Å². The quantitative estimate of drug-likeness (QED) is 0.619. The van der Waals surface area contributed by atoms with Crippen LogP contribution < -0.4 is 5.32 Å². The zero-order valence-electron chi connectivity index (χ0n) is 11.0. The van der Waals surface area contributed by atoms with Gasteiger partial charge in [-0.05, 0) is 18.9 Å². The van der Waals surface area contributed by atoms with Gasteiger partial charge in [0.25, 0.3) is 5.69 Å². The van der Waals surface area contributed by atoms with E-state index >= 15 is 0 Å². The molecule has 108 valence electrons. The summed E-state index contributed by atoms with van der Waals surface area (Å²) in [5, 5.41) is 22.8. The maximum absolute atomic E-state index is 12.2. The number of amides is 1. The predicted molar refractivity (Wildman–Crippen MR) is 73.4 cm³/mol. The van der Waals surface area contributed by atoms with E-state index in [1.807, 2.05) is 0 Å². The van der Waals surface area contributed by atoms with Gasteiger partial charge in [-0.15, -0.1) is 0 Å². The van der Waals surface area contributed by atoms with Crippen molar-refractivity contribution in [1.29, 1.82) is 0 Å². The summed E-state index contributed by atoms with van der Waals surface area (Å²) in [6, 6.07) is 5.80. The Labute approximate surface area is 116 Å². The number of β-amino-alcohol motifs (C(OH)–C–C–N with tert-alkyl or cyclic N) is 1. The minimum atomic E-state index is -0.476. The van der Waals surface area contributed by atoms with E-state index in [0.717, 1.165) is 6.42 Å². The fraction of sp³-hybridized carbons (Fsp3) is 0.462. The number of para-hydroxylation sites is 2. The third-order valence-electron chi connectivity index (χ3n) is 3.33. The lowest BCUT2D eigenvalue weighted by Gasteiger charge is -2.32. The molecule has 0 bridgehead atoms. The summed E-state index contributed by atoms with van der Waals surface area (Å²) in [6.07, 6.45) is 1.44. The van der Waals surface area contributed by atoms with Gasteiger partial charge in [-0.3, -0.25) is 14.9 Å². The highest BCUT2D eigenvalue weighted by Crippen LogP contribution is 2.26. The van der Waals surface area contributed by atoms with E-state index < -0.39 is 11.0 Å². The molecular formula is C13H17N3O4. The van der Waals surface area contributed by atoms with Crippen molar-refractivity contribution in [1.82, 2.24) is 4.90 Å². The van der Waals surface area contributed by atoms with Crippen molar-refractivity contribution in [3.63, 3.8) is 0 Å². The van der Waals surface area contributed by atoms with Crippen molar-refractivity contribution in [2.45, 2.75) is 18.9 Å². The van der Waals surface area contributed by atoms with Gasteiger partial charge < -0.3 is 15.3 Å². The molecule has 1 aliphatic rings. The fourth-order valence-electron chi connectivity index (χ4n) is 2.36. The summed E-state index contributed by atoms with van der Waals surface area (Å²) in [6.45, 7) is 0.840. The van der Waals surface area contributed by atoms with E-state index in [0.29, 0.717) is 25.2 Å². The third-order valence-corrected chi connectivity index (χ3v) is 3.33. The number of aliphatic hydroxyl groups is 1. The average molecular weight is 279 g/mol. The Bertz CT molecular complexity index is 504. The number of carbonyl (C=O) groups is 1. The molecule has 1 unspecified atom stereocenters. The van der Waals surface area contributed by atoms with Crippen LogP contribution in [0.25, 0.3) is 0 Å². The largest absolute Gasteiger partial charge is 0.395 e. The zero-order valence-corrected chi connectivity index (χ0v) is 11.0. The van der Waals surface area contributed by atoms with Crippen molar-refractivity contribution >= 4 is 17.3 Å². The minimum absolute atomic E-state index is 0.0421. The molecule has 1 atom stereocenters. The monoisotopic (exact) mass is 279 g/mol. The lowest BCUT2D eigenvalue weighted by Crippen LogP contribution is -2.48. The first kappa shape index (κ1) is 14.3. The molecule has 20 heavy (non-hydrogen) atoms. The molecule has 2 rings (SSSR count). The van der Waals surface area contributed by atoms with Gasteiger partial charge in [0.1, 0.15) is 11.7 Å². The number of rotatable bonds is 5. The van der Waals surface area contributed by atoms with E-state index in [1.54, 1.807) is 23.1 Å². The molecule has 1 fully saturated rings. The van der Waals surface area contributed by atoms with Gasteiger partial charge in [-0.25, -0.2) is 0 Å². The molecule has 0 aromatic heterocycles.